The van der Waals surface area contributed by atoms with E-state index in [9.17, 15) is 4.79 Å². The zero-order chi connectivity index (χ0) is 18.0. The molecule has 130 valence electrons. The van der Waals surface area contributed by atoms with Gasteiger partial charge in [-0.05, 0) is 31.5 Å². The highest BCUT2D eigenvalue weighted by Gasteiger charge is 2.10. The molecule has 8 nitrogen and oxygen atoms in total. The van der Waals surface area contributed by atoms with Gasteiger partial charge in [0.2, 0.25) is 0 Å². The third-order valence-corrected chi connectivity index (χ3v) is 4.34. The van der Waals surface area contributed by atoms with E-state index in [0.717, 1.165) is 23.5 Å². The van der Waals surface area contributed by atoms with E-state index in [1.165, 1.54) is 16.4 Å². The maximum atomic E-state index is 11.1. The monoisotopic (exact) mass is 339 g/mol. The SMILES string of the molecule is Cc1c(CNC(C)c2ccc(-n3cc(C(N)=O)nn3)cc2)cnn1C. The zero-order valence-electron chi connectivity index (χ0n) is 14.5. The normalized spacial score (nSPS) is 12.3. The summed E-state index contributed by atoms with van der Waals surface area (Å²) in [6, 6.07) is 8.10. The fraction of sp³-hybridized carbons (Fsp3) is 0.294. The van der Waals surface area contributed by atoms with E-state index in [2.05, 4.69) is 34.6 Å². The third kappa shape index (κ3) is 3.58. The molecule has 1 atom stereocenters. The van der Waals surface area contributed by atoms with Gasteiger partial charge in [-0.25, -0.2) is 4.68 Å². The Bertz CT molecular complexity index is 879. The summed E-state index contributed by atoms with van der Waals surface area (Å²) in [5.41, 5.74) is 9.66. The van der Waals surface area contributed by atoms with Crippen LogP contribution in [0.3, 0.4) is 0 Å². The molecule has 0 saturated carbocycles. The van der Waals surface area contributed by atoms with E-state index < -0.39 is 5.91 Å². The molecule has 1 aromatic carbocycles. The predicted molar refractivity (Wildman–Crippen MR) is 93.1 cm³/mol. The van der Waals surface area contributed by atoms with Gasteiger partial charge in [0.1, 0.15) is 0 Å². The standard InChI is InChI=1S/C17H21N7O/c1-11(19-8-14-9-20-23(3)12(14)2)13-4-6-15(7-5-13)24-10-16(17(18)25)21-22-24/h4-7,9-11,19H,8H2,1-3H3,(H2,18,25). The van der Waals surface area contributed by atoms with Crippen LogP contribution in [0.4, 0.5) is 0 Å². The second kappa shape index (κ2) is 6.86. The van der Waals surface area contributed by atoms with Crippen molar-refractivity contribution in [2.24, 2.45) is 12.8 Å². The smallest absolute Gasteiger partial charge is 0.270 e. The van der Waals surface area contributed by atoms with Crippen molar-refractivity contribution in [1.82, 2.24) is 30.1 Å². The zero-order valence-corrected chi connectivity index (χ0v) is 14.5. The Labute approximate surface area is 145 Å². The molecule has 3 aromatic rings. The van der Waals surface area contributed by atoms with Gasteiger partial charge in [0, 0.05) is 30.9 Å². The van der Waals surface area contributed by atoms with E-state index in [-0.39, 0.29) is 11.7 Å². The quantitative estimate of drug-likeness (QED) is 0.703. The summed E-state index contributed by atoms with van der Waals surface area (Å²) in [5, 5.41) is 15.4. The van der Waals surface area contributed by atoms with Crippen LogP contribution in [0.25, 0.3) is 5.69 Å². The number of aryl methyl sites for hydroxylation is 1. The summed E-state index contributed by atoms with van der Waals surface area (Å²) >= 11 is 0. The number of rotatable bonds is 6. The molecule has 0 aliphatic rings. The first kappa shape index (κ1) is 16.8. The van der Waals surface area contributed by atoms with Crippen molar-refractivity contribution in [3.63, 3.8) is 0 Å². The average molecular weight is 339 g/mol. The number of carbonyl (C=O) groups is 1. The number of amides is 1. The number of hydrogen-bond donors (Lipinski definition) is 2. The van der Waals surface area contributed by atoms with E-state index in [1.54, 1.807) is 0 Å². The van der Waals surface area contributed by atoms with Crippen LogP contribution in [0, 0.1) is 6.92 Å². The molecule has 3 rings (SSSR count). The number of primary amides is 1. The minimum absolute atomic E-state index is 0.144. The van der Waals surface area contributed by atoms with Crippen molar-refractivity contribution >= 4 is 5.91 Å². The topological polar surface area (TPSA) is 104 Å². The number of aromatic nitrogens is 5. The fourth-order valence-corrected chi connectivity index (χ4v) is 2.52. The summed E-state index contributed by atoms with van der Waals surface area (Å²) in [6.07, 6.45) is 3.41. The second-order valence-corrected chi connectivity index (χ2v) is 5.99. The number of nitrogens with two attached hydrogens (primary N) is 1. The number of nitrogens with one attached hydrogen (secondary N) is 1. The molecule has 8 heteroatoms. The molecule has 0 aliphatic carbocycles. The van der Waals surface area contributed by atoms with Crippen LogP contribution in [0.2, 0.25) is 0 Å². The van der Waals surface area contributed by atoms with Crippen LogP contribution < -0.4 is 11.1 Å². The van der Waals surface area contributed by atoms with Crippen LogP contribution in [-0.2, 0) is 13.6 Å². The van der Waals surface area contributed by atoms with Crippen LogP contribution >= 0.6 is 0 Å². The molecule has 25 heavy (non-hydrogen) atoms. The van der Waals surface area contributed by atoms with Gasteiger partial charge < -0.3 is 11.1 Å². The predicted octanol–water partition coefficient (Wildman–Crippen LogP) is 1.26. The Morgan fingerprint density at radius 1 is 1.32 bits per heavy atom. The number of hydrogen-bond acceptors (Lipinski definition) is 5. The van der Waals surface area contributed by atoms with Crippen molar-refractivity contribution in [2.75, 3.05) is 0 Å². The van der Waals surface area contributed by atoms with E-state index >= 15 is 0 Å². The molecular weight excluding hydrogens is 318 g/mol. The van der Waals surface area contributed by atoms with Gasteiger partial charge >= 0.3 is 0 Å². The van der Waals surface area contributed by atoms with Crippen LogP contribution in [-0.4, -0.2) is 30.7 Å². The highest BCUT2D eigenvalue weighted by Crippen LogP contribution is 2.16. The highest BCUT2D eigenvalue weighted by atomic mass is 16.1. The molecule has 2 heterocycles. The Kier molecular flexibility index (Phi) is 4.62. The van der Waals surface area contributed by atoms with Gasteiger partial charge in [-0.2, -0.15) is 5.10 Å². The first-order chi connectivity index (χ1) is 12.0. The Morgan fingerprint density at radius 3 is 2.60 bits per heavy atom. The van der Waals surface area contributed by atoms with Gasteiger partial charge in [0.15, 0.2) is 5.69 Å². The Morgan fingerprint density at radius 2 is 2.04 bits per heavy atom. The van der Waals surface area contributed by atoms with Crippen molar-refractivity contribution in [1.29, 1.82) is 0 Å². The van der Waals surface area contributed by atoms with Gasteiger partial charge in [0.25, 0.3) is 5.91 Å². The third-order valence-electron chi connectivity index (χ3n) is 4.34. The van der Waals surface area contributed by atoms with Gasteiger partial charge in [0.05, 0.1) is 18.1 Å². The first-order valence-electron chi connectivity index (χ1n) is 7.99. The van der Waals surface area contributed by atoms with E-state index in [1.807, 2.05) is 42.2 Å². The van der Waals surface area contributed by atoms with Gasteiger partial charge in [-0.15, -0.1) is 5.10 Å². The second-order valence-electron chi connectivity index (χ2n) is 5.99. The van der Waals surface area contributed by atoms with Crippen molar-refractivity contribution in [3.8, 4) is 5.69 Å². The first-order valence-corrected chi connectivity index (χ1v) is 7.99. The lowest BCUT2D eigenvalue weighted by Crippen LogP contribution is -2.18. The van der Waals surface area contributed by atoms with Crippen LogP contribution in [0.15, 0.2) is 36.7 Å². The summed E-state index contributed by atoms with van der Waals surface area (Å²) in [6.45, 7) is 4.93. The molecule has 1 amide bonds. The number of benzene rings is 1. The molecule has 0 bridgehead atoms. The molecule has 0 fully saturated rings. The van der Waals surface area contributed by atoms with Crippen LogP contribution in [0.5, 0.6) is 0 Å². The Hall–Kier alpha value is -3.00. The summed E-state index contributed by atoms with van der Waals surface area (Å²) in [4.78, 5) is 11.1. The lowest BCUT2D eigenvalue weighted by atomic mass is 10.1. The fourth-order valence-electron chi connectivity index (χ4n) is 2.52. The Balaban J connectivity index is 1.66. The minimum atomic E-state index is -0.591. The molecule has 1 unspecified atom stereocenters. The molecule has 0 spiro atoms. The maximum absolute atomic E-state index is 11.1. The lowest BCUT2D eigenvalue weighted by molar-refractivity contribution is 0.0995. The molecule has 3 N–H and O–H groups in total. The van der Waals surface area contributed by atoms with Crippen molar-refractivity contribution < 1.29 is 4.79 Å². The molecule has 2 aromatic heterocycles. The van der Waals surface area contributed by atoms with Crippen LogP contribution in [0.1, 0.15) is 40.3 Å². The van der Waals surface area contributed by atoms with Gasteiger partial charge in [-0.3, -0.25) is 9.48 Å². The molecule has 0 aliphatic heterocycles. The summed E-state index contributed by atoms with van der Waals surface area (Å²) in [7, 11) is 1.94. The molecule has 0 radical (unpaired) electrons. The largest absolute Gasteiger partial charge is 0.364 e. The number of carbonyl (C=O) groups excluding carboxylic acids is 1. The van der Waals surface area contributed by atoms with Crippen molar-refractivity contribution in [2.45, 2.75) is 26.4 Å². The van der Waals surface area contributed by atoms with E-state index in [0.29, 0.717) is 0 Å². The number of nitrogens with zero attached hydrogens (tertiary/aromatic N) is 5. The average Bonchev–Trinajstić information content (AvgIpc) is 3.22. The maximum Gasteiger partial charge on any atom is 0.270 e. The highest BCUT2D eigenvalue weighted by molar-refractivity contribution is 5.90. The van der Waals surface area contributed by atoms with E-state index in [4.69, 9.17) is 5.73 Å². The summed E-state index contributed by atoms with van der Waals surface area (Å²) in [5.74, 6) is -0.591. The minimum Gasteiger partial charge on any atom is -0.364 e. The summed E-state index contributed by atoms with van der Waals surface area (Å²) < 4.78 is 3.40. The van der Waals surface area contributed by atoms with Gasteiger partial charge in [-0.1, -0.05) is 17.3 Å². The molecular formula is C17H21N7O. The van der Waals surface area contributed by atoms with Crippen molar-refractivity contribution in [3.05, 3.63) is 59.2 Å². The molecule has 0 saturated heterocycles. The lowest BCUT2D eigenvalue weighted by Gasteiger charge is -2.14.